The fourth-order valence-corrected chi connectivity index (χ4v) is 5.10. The number of nitrogens with zero attached hydrogens (tertiary/aromatic N) is 2. The first-order valence-electron chi connectivity index (χ1n) is 7.05. The van der Waals surface area contributed by atoms with Gasteiger partial charge in [0.05, 0.1) is 0 Å². The first-order chi connectivity index (χ1) is 10.6. The van der Waals surface area contributed by atoms with Crippen molar-refractivity contribution in [2.24, 2.45) is 0 Å². The summed E-state index contributed by atoms with van der Waals surface area (Å²) in [6.45, 7) is 8.72. The van der Waals surface area contributed by atoms with Gasteiger partial charge in [0, 0.05) is 0 Å². The molecule has 4 nitrogen and oxygen atoms in total. The summed E-state index contributed by atoms with van der Waals surface area (Å²) in [6, 6.07) is 0. The second-order valence-electron chi connectivity index (χ2n) is 4.81. The fourth-order valence-electron chi connectivity index (χ4n) is 1.98. The molecule has 0 aliphatic heterocycles. The molecule has 0 amide bonds. The third kappa shape index (κ3) is 5.39. The van der Waals surface area contributed by atoms with E-state index < -0.39 is 0 Å². The van der Waals surface area contributed by atoms with E-state index in [0.717, 1.165) is 13.1 Å². The minimum absolute atomic E-state index is 0.644. The van der Waals surface area contributed by atoms with Crippen LogP contribution in [0.4, 0.5) is 0 Å². The molecule has 2 aromatic rings. The molecule has 0 saturated heterocycles. The number of ether oxygens (including phenoxy) is 2. The van der Waals surface area contributed by atoms with Gasteiger partial charge in [-0.05, 0) is 0 Å². The molecule has 0 aliphatic rings. The maximum absolute atomic E-state index is 5.64. The van der Waals surface area contributed by atoms with Crippen molar-refractivity contribution in [2.75, 3.05) is 26.4 Å². The topological polar surface area (TPSA) is 28.3 Å². The van der Waals surface area contributed by atoms with E-state index in [1.165, 1.54) is 18.4 Å². The molecule has 122 valence electrons. The average molecular weight is 470 g/mol. The summed E-state index contributed by atoms with van der Waals surface area (Å²) >= 11 is 9.62. The van der Waals surface area contributed by atoms with E-state index in [9.17, 15) is 0 Å². The van der Waals surface area contributed by atoms with Crippen LogP contribution in [0.1, 0.15) is 11.4 Å². The number of thiazole rings is 2. The Labute approximate surface area is 154 Å². The maximum atomic E-state index is 5.64. The monoisotopic (exact) mass is 472 g/mol. The molecule has 2 aromatic heterocycles. The van der Waals surface area contributed by atoms with Crippen molar-refractivity contribution >= 4 is 53.8 Å². The van der Waals surface area contributed by atoms with Crippen molar-refractivity contribution in [3.63, 3.8) is 0 Å². The molecule has 0 spiro atoms. The number of rotatable bonds is 9. The van der Waals surface area contributed by atoms with E-state index in [1.54, 1.807) is 22.7 Å². The van der Waals surface area contributed by atoms with Crippen LogP contribution in [-0.4, -0.2) is 66.7 Å². The summed E-state index contributed by atoms with van der Waals surface area (Å²) in [5.41, 5.74) is 2.54. The molecule has 2 rings (SSSR count). The van der Waals surface area contributed by atoms with Crippen molar-refractivity contribution in [1.29, 1.82) is 0 Å². The standard InChI is InChI=1S/C14H20N2O2S2Se2/c1-11-9-19-13(21)15(11)3-5-17-7-8-18-6-4-16-12(2)10-20-14(16)22/h9-10H,3-8H2,1-2H3. The van der Waals surface area contributed by atoms with Gasteiger partial charge in [0.25, 0.3) is 0 Å². The first kappa shape index (κ1) is 18.6. The Bertz CT molecular complexity index is 642. The summed E-state index contributed by atoms with van der Waals surface area (Å²) in [7, 11) is 0. The second-order valence-corrected chi connectivity index (χ2v) is 9.32. The fraction of sp³-hybridized carbons (Fsp3) is 0.571. The molecule has 0 aliphatic carbocycles. The van der Waals surface area contributed by atoms with Crippen LogP contribution < -0.4 is 0 Å². The van der Waals surface area contributed by atoms with Crippen LogP contribution in [0.25, 0.3) is 0 Å². The van der Waals surface area contributed by atoms with Crippen molar-refractivity contribution in [2.45, 2.75) is 26.9 Å². The van der Waals surface area contributed by atoms with Crippen LogP contribution >= 0.6 is 22.7 Å². The molecular formula is C14H20N2O2S2Se2. The van der Waals surface area contributed by atoms with E-state index in [4.69, 9.17) is 9.47 Å². The van der Waals surface area contributed by atoms with E-state index >= 15 is 0 Å². The number of aromatic nitrogens is 2. The molecule has 0 atom stereocenters. The van der Waals surface area contributed by atoms with Crippen molar-refractivity contribution in [1.82, 2.24) is 9.13 Å². The average Bonchev–Trinajstić information content (AvgIpc) is 2.98. The molecule has 0 bridgehead atoms. The molecular weight excluding hydrogens is 450 g/mol. The van der Waals surface area contributed by atoms with E-state index in [1.807, 2.05) is 0 Å². The van der Waals surface area contributed by atoms with Crippen LogP contribution in [0.15, 0.2) is 10.8 Å². The van der Waals surface area contributed by atoms with Crippen LogP contribution in [0.3, 0.4) is 0 Å². The molecule has 0 fully saturated rings. The Morgan fingerprint density at radius 1 is 0.818 bits per heavy atom. The normalized spacial score (nSPS) is 11.2. The Morgan fingerprint density at radius 2 is 1.23 bits per heavy atom. The summed E-state index contributed by atoms with van der Waals surface area (Å²) in [5, 5.41) is 4.30. The molecule has 22 heavy (non-hydrogen) atoms. The van der Waals surface area contributed by atoms with E-state index in [-0.39, 0.29) is 0 Å². The predicted molar refractivity (Wildman–Crippen MR) is 93.7 cm³/mol. The van der Waals surface area contributed by atoms with Gasteiger partial charge < -0.3 is 0 Å². The Kier molecular flexibility index (Phi) is 8.01. The van der Waals surface area contributed by atoms with Gasteiger partial charge in [0.1, 0.15) is 0 Å². The molecule has 0 saturated carbocycles. The second kappa shape index (κ2) is 9.50. The van der Waals surface area contributed by atoms with Crippen molar-refractivity contribution < 1.29 is 9.47 Å². The van der Waals surface area contributed by atoms with E-state index in [0.29, 0.717) is 26.4 Å². The van der Waals surface area contributed by atoms with Crippen LogP contribution in [0.2, 0.25) is 0 Å². The van der Waals surface area contributed by atoms with Crippen LogP contribution in [0.5, 0.6) is 0 Å². The minimum atomic E-state index is 0.644. The van der Waals surface area contributed by atoms with Crippen molar-refractivity contribution in [3.8, 4) is 0 Å². The molecule has 0 aromatic carbocycles. The SMILES string of the molecule is Cc1csc(=[Se])n1CCOCCOCCn1c(C)csc1=[Se]. The van der Waals surface area contributed by atoms with Gasteiger partial charge in [0.15, 0.2) is 0 Å². The Morgan fingerprint density at radius 3 is 1.55 bits per heavy atom. The number of hydrogen-bond acceptors (Lipinski definition) is 4. The predicted octanol–water partition coefficient (Wildman–Crippen LogP) is 2.16. The van der Waals surface area contributed by atoms with Gasteiger partial charge in [-0.2, -0.15) is 0 Å². The number of hydrogen-bond donors (Lipinski definition) is 0. The zero-order valence-corrected chi connectivity index (χ0v) is 17.8. The zero-order valence-electron chi connectivity index (χ0n) is 12.7. The number of aryl methyl sites for hydroxylation is 2. The van der Waals surface area contributed by atoms with Gasteiger partial charge in [-0.25, -0.2) is 0 Å². The van der Waals surface area contributed by atoms with Gasteiger partial charge in [-0.1, -0.05) is 0 Å². The summed E-state index contributed by atoms with van der Waals surface area (Å²) in [4.78, 5) is 0. The van der Waals surface area contributed by atoms with Gasteiger partial charge in [-0.15, -0.1) is 0 Å². The molecule has 2 heterocycles. The summed E-state index contributed by atoms with van der Waals surface area (Å²) < 4.78 is 18.1. The first-order valence-corrected chi connectivity index (χ1v) is 10.5. The molecule has 0 N–H and O–H groups in total. The van der Waals surface area contributed by atoms with Gasteiger partial charge in [0.2, 0.25) is 0 Å². The van der Waals surface area contributed by atoms with E-state index in [2.05, 4.69) is 64.9 Å². The molecule has 8 heteroatoms. The zero-order chi connectivity index (χ0) is 15.9. The summed E-state index contributed by atoms with van der Waals surface area (Å²) in [6.07, 6.45) is 0. The van der Waals surface area contributed by atoms with Gasteiger partial charge >= 0.3 is 155 Å². The third-order valence-electron chi connectivity index (χ3n) is 3.24. The Balaban J connectivity index is 1.55. The third-order valence-corrected chi connectivity index (χ3v) is 7.14. The van der Waals surface area contributed by atoms with Crippen LogP contribution in [0, 0.1) is 20.9 Å². The van der Waals surface area contributed by atoms with Crippen molar-refractivity contribution in [3.05, 3.63) is 29.2 Å². The van der Waals surface area contributed by atoms with Gasteiger partial charge in [-0.3, -0.25) is 0 Å². The van der Waals surface area contributed by atoms with Crippen LogP contribution in [-0.2, 0) is 22.6 Å². The summed E-state index contributed by atoms with van der Waals surface area (Å²) in [5.74, 6) is 0. The quantitative estimate of drug-likeness (QED) is 0.415. The Hall–Kier alpha value is 0.219. The molecule has 0 unspecified atom stereocenters. The molecule has 0 radical (unpaired) electrons.